The molecular weight excluding hydrogens is 352 g/mol. The average Bonchev–Trinajstić information content (AvgIpc) is 2.66. The van der Waals surface area contributed by atoms with Gasteiger partial charge in [0.25, 0.3) is 5.69 Å². The smallest absolute Gasteiger partial charge is 0.269 e. The van der Waals surface area contributed by atoms with Crippen molar-refractivity contribution in [1.29, 1.82) is 0 Å². The van der Waals surface area contributed by atoms with Crippen molar-refractivity contribution >= 4 is 23.4 Å². The zero-order valence-corrected chi connectivity index (χ0v) is 15.9. The molecule has 2 aromatic carbocycles. The Morgan fingerprint density at radius 2 is 1.96 bits per heavy atom. The number of nitro benzene ring substituents is 1. The number of hydrogen-bond donors (Lipinski definition) is 0. The van der Waals surface area contributed by atoms with Crippen LogP contribution in [0.1, 0.15) is 25.5 Å². The fourth-order valence-corrected chi connectivity index (χ4v) is 3.21. The second kappa shape index (κ2) is 9.24. The maximum atomic E-state index is 12.5. The Morgan fingerprint density at radius 3 is 2.58 bits per heavy atom. The van der Waals surface area contributed by atoms with Crippen molar-refractivity contribution in [1.82, 2.24) is 4.90 Å². The fraction of sp³-hybridized carbons (Fsp3) is 0.316. The third kappa shape index (κ3) is 5.23. The van der Waals surface area contributed by atoms with E-state index in [0.29, 0.717) is 12.4 Å². The Morgan fingerprint density at radius 1 is 1.27 bits per heavy atom. The molecule has 0 aromatic heterocycles. The summed E-state index contributed by atoms with van der Waals surface area (Å²) in [6.45, 7) is 4.41. The minimum Gasteiger partial charge on any atom is -0.494 e. The molecule has 1 amide bonds. The molecule has 0 aliphatic rings. The average molecular weight is 374 g/mol. The van der Waals surface area contributed by atoms with E-state index in [9.17, 15) is 14.9 Å². The Labute approximate surface area is 157 Å². The predicted octanol–water partition coefficient (Wildman–Crippen LogP) is 4.31. The molecule has 0 saturated carbocycles. The Balaban J connectivity index is 1.95. The lowest BCUT2D eigenvalue weighted by Crippen LogP contribution is -2.31. The predicted molar refractivity (Wildman–Crippen MR) is 103 cm³/mol. The molecule has 0 saturated heterocycles. The quantitative estimate of drug-likeness (QED) is 0.391. The van der Waals surface area contributed by atoms with Crippen LogP contribution in [0.2, 0.25) is 0 Å². The molecule has 26 heavy (non-hydrogen) atoms. The van der Waals surface area contributed by atoms with E-state index in [1.807, 2.05) is 38.1 Å². The topological polar surface area (TPSA) is 72.7 Å². The first-order chi connectivity index (χ1) is 12.4. The van der Waals surface area contributed by atoms with Crippen molar-refractivity contribution in [3.8, 4) is 5.75 Å². The van der Waals surface area contributed by atoms with Crippen LogP contribution in [0.3, 0.4) is 0 Å². The number of amides is 1. The van der Waals surface area contributed by atoms with Gasteiger partial charge in [-0.3, -0.25) is 14.9 Å². The van der Waals surface area contributed by atoms with E-state index in [-0.39, 0.29) is 17.6 Å². The number of ether oxygens (including phenoxy) is 1. The van der Waals surface area contributed by atoms with Gasteiger partial charge >= 0.3 is 0 Å². The SMILES string of the molecule is CCOc1ccc(SCC(=O)N(C)[C@@H](C)c2cccc([N+](=O)[O-])c2)cc1. The van der Waals surface area contributed by atoms with Gasteiger partial charge in [0, 0.05) is 24.1 Å². The van der Waals surface area contributed by atoms with Gasteiger partial charge in [0.1, 0.15) is 5.75 Å². The van der Waals surface area contributed by atoms with Gasteiger partial charge in [-0.25, -0.2) is 0 Å². The minimum atomic E-state index is -0.431. The van der Waals surface area contributed by atoms with Gasteiger partial charge in [0.2, 0.25) is 5.91 Å². The molecule has 2 aromatic rings. The number of thioether (sulfide) groups is 1. The molecule has 0 aliphatic carbocycles. The summed E-state index contributed by atoms with van der Waals surface area (Å²) in [5.74, 6) is 1.06. The largest absolute Gasteiger partial charge is 0.494 e. The fourth-order valence-electron chi connectivity index (χ4n) is 2.38. The van der Waals surface area contributed by atoms with E-state index in [0.717, 1.165) is 16.2 Å². The number of carbonyl (C=O) groups excluding carboxylic acids is 1. The van der Waals surface area contributed by atoms with Gasteiger partial charge in [0.05, 0.1) is 23.3 Å². The molecular formula is C19H22N2O4S. The second-order valence-corrected chi connectivity index (χ2v) is 6.77. The molecule has 0 unspecified atom stereocenters. The molecule has 2 rings (SSSR count). The minimum absolute atomic E-state index is 0.0268. The van der Waals surface area contributed by atoms with Crippen molar-refractivity contribution < 1.29 is 14.5 Å². The van der Waals surface area contributed by atoms with Crippen LogP contribution in [-0.4, -0.2) is 35.1 Å². The molecule has 138 valence electrons. The summed E-state index contributed by atoms with van der Waals surface area (Å²) in [7, 11) is 1.71. The summed E-state index contributed by atoms with van der Waals surface area (Å²) in [6.07, 6.45) is 0. The lowest BCUT2D eigenvalue weighted by molar-refractivity contribution is -0.384. The van der Waals surface area contributed by atoms with Gasteiger partial charge < -0.3 is 9.64 Å². The summed E-state index contributed by atoms with van der Waals surface area (Å²) in [5, 5.41) is 10.9. The van der Waals surface area contributed by atoms with Gasteiger partial charge in [-0.05, 0) is 43.7 Å². The number of rotatable bonds is 8. The Bertz CT molecular complexity index is 764. The summed E-state index contributed by atoms with van der Waals surface area (Å²) in [4.78, 5) is 25.5. The summed E-state index contributed by atoms with van der Waals surface area (Å²) in [5.41, 5.74) is 0.764. The molecule has 0 aliphatic heterocycles. The molecule has 0 N–H and O–H groups in total. The highest BCUT2D eigenvalue weighted by molar-refractivity contribution is 8.00. The van der Waals surface area contributed by atoms with Gasteiger partial charge in [0.15, 0.2) is 0 Å². The third-order valence-corrected chi connectivity index (χ3v) is 5.03. The zero-order chi connectivity index (χ0) is 19.1. The van der Waals surface area contributed by atoms with Crippen LogP contribution >= 0.6 is 11.8 Å². The molecule has 6 nitrogen and oxygen atoms in total. The van der Waals surface area contributed by atoms with Crippen molar-refractivity contribution in [3.63, 3.8) is 0 Å². The normalized spacial score (nSPS) is 11.7. The second-order valence-electron chi connectivity index (χ2n) is 5.73. The molecule has 0 bridgehead atoms. The van der Waals surface area contributed by atoms with Gasteiger partial charge in [-0.1, -0.05) is 12.1 Å². The summed E-state index contributed by atoms with van der Waals surface area (Å²) >= 11 is 1.45. The van der Waals surface area contributed by atoms with E-state index in [4.69, 9.17) is 4.74 Å². The van der Waals surface area contributed by atoms with Crippen LogP contribution in [0.5, 0.6) is 5.75 Å². The number of nitrogens with zero attached hydrogens (tertiary/aromatic N) is 2. The first-order valence-electron chi connectivity index (χ1n) is 8.28. The van der Waals surface area contributed by atoms with Crippen LogP contribution in [-0.2, 0) is 4.79 Å². The molecule has 0 radical (unpaired) electrons. The van der Waals surface area contributed by atoms with Crippen LogP contribution in [0.25, 0.3) is 0 Å². The van der Waals surface area contributed by atoms with Crippen LogP contribution in [0.4, 0.5) is 5.69 Å². The third-order valence-electron chi connectivity index (χ3n) is 4.03. The van der Waals surface area contributed by atoms with Crippen molar-refractivity contribution in [2.75, 3.05) is 19.4 Å². The van der Waals surface area contributed by atoms with Crippen LogP contribution in [0.15, 0.2) is 53.4 Å². The molecule has 0 heterocycles. The molecule has 1 atom stereocenters. The first kappa shape index (κ1) is 19.8. The highest BCUT2D eigenvalue weighted by Gasteiger charge is 2.19. The number of carbonyl (C=O) groups is 1. The Hall–Kier alpha value is -2.54. The van der Waals surface area contributed by atoms with Gasteiger partial charge in [-0.2, -0.15) is 0 Å². The highest BCUT2D eigenvalue weighted by atomic mass is 32.2. The van der Waals surface area contributed by atoms with Crippen LogP contribution in [0, 0.1) is 10.1 Å². The number of nitro groups is 1. The van der Waals surface area contributed by atoms with Crippen molar-refractivity contribution in [2.45, 2.75) is 24.8 Å². The standard InChI is InChI=1S/C19H22N2O4S/c1-4-25-17-8-10-18(11-9-17)26-13-19(22)20(3)14(2)15-6-5-7-16(12-15)21(23)24/h5-12,14H,4,13H2,1-3H3/t14-/m0/s1. The first-order valence-corrected chi connectivity index (χ1v) is 9.26. The van der Waals surface area contributed by atoms with E-state index in [1.165, 1.54) is 23.9 Å². The maximum Gasteiger partial charge on any atom is 0.269 e. The number of benzene rings is 2. The van der Waals surface area contributed by atoms with Crippen molar-refractivity contribution in [2.24, 2.45) is 0 Å². The van der Waals surface area contributed by atoms with E-state index in [2.05, 4.69) is 0 Å². The zero-order valence-electron chi connectivity index (χ0n) is 15.0. The highest BCUT2D eigenvalue weighted by Crippen LogP contribution is 2.25. The summed E-state index contributed by atoms with van der Waals surface area (Å²) < 4.78 is 5.40. The van der Waals surface area contributed by atoms with E-state index in [1.54, 1.807) is 24.1 Å². The van der Waals surface area contributed by atoms with E-state index < -0.39 is 4.92 Å². The lowest BCUT2D eigenvalue weighted by atomic mass is 10.1. The maximum absolute atomic E-state index is 12.5. The molecule has 0 fully saturated rings. The van der Waals surface area contributed by atoms with Gasteiger partial charge in [-0.15, -0.1) is 11.8 Å². The lowest BCUT2D eigenvalue weighted by Gasteiger charge is -2.25. The van der Waals surface area contributed by atoms with E-state index >= 15 is 0 Å². The number of hydrogen-bond acceptors (Lipinski definition) is 5. The molecule has 0 spiro atoms. The van der Waals surface area contributed by atoms with Crippen molar-refractivity contribution in [3.05, 3.63) is 64.2 Å². The van der Waals surface area contributed by atoms with Crippen LogP contribution < -0.4 is 4.74 Å². The number of non-ortho nitro benzene ring substituents is 1. The Kier molecular flexibility index (Phi) is 7.03. The monoisotopic (exact) mass is 374 g/mol. The molecule has 7 heteroatoms. The summed E-state index contributed by atoms with van der Waals surface area (Å²) in [6, 6.07) is 13.7.